The molecule has 0 atom stereocenters. The first-order valence-electron chi connectivity index (χ1n) is 4.11. The van der Waals surface area contributed by atoms with Gasteiger partial charge in [-0.2, -0.15) is 47.8 Å². The van der Waals surface area contributed by atoms with Crippen molar-refractivity contribution in [3.63, 3.8) is 0 Å². The van der Waals surface area contributed by atoms with E-state index in [0.29, 0.717) is 0 Å². The van der Waals surface area contributed by atoms with E-state index in [2.05, 4.69) is 12.6 Å². The van der Waals surface area contributed by atoms with Gasteiger partial charge in [-0.05, 0) is 5.75 Å². The van der Waals surface area contributed by atoms with Gasteiger partial charge < -0.3 is 5.11 Å². The summed E-state index contributed by atoms with van der Waals surface area (Å²) in [5.74, 6) is -29.8. The minimum atomic E-state index is -6.75. The van der Waals surface area contributed by atoms with E-state index in [0.717, 1.165) is 0 Å². The molecule has 0 heterocycles. The molecule has 0 bridgehead atoms. The lowest BCUT2D eigenvalue weighted by Crippen LogP contribution is -2.64. The molecule has 0 aromatic heterocycles. The molecule has 11 heteroatoms. The molecular formula is C7H6F8O2S. The topological polar surface area (TPSA) is 37.3 Å². The second-order valence-electron chi connectivity index (χ2n) is 3.21. The summed E-state index contributed by atoms with van der Waals surface area (Å²) in [6.45, 7) is 0. The molecule has 2 nitrogen and oxygen atoms in total. The Labute approximate surface area is 100 Å². The number of rotatable bonds is 6. The monoisotopic (exact) mass is 306 g/mol. The van der Waals surface area contributed by atoms with Gasteiger partial charge in [0.15, 0.2) is 0 Å². The van der Waals surface area contributed by atoms with E-state index >= 15 is 0 Å². The van der Waals surface area contributed by atoms with Crippen LogP contribution < -0.4 is 0 Å². The lowest BCUT2D eigenvalue weighted by molar-refractivity contribution is -0.359. The maximum atomic E-state index is 12.7. The second-order valence-corrected chi connectivity index (χ2v) is 3.65. The van der Waals surface area contributed by atoms with Crippen LogP contribution in [-0.2, 0) is 4.79 Å². The molecular weight excluding hydrogens is 300 g/mol. The lowest BCUT2D eigenvalue weighted by Gasteiger charge is -2.34. The summed E-state index contributed by atoms with van der Waals surface area (Å²) in [6, 6.07) is 0. The van der Waals surface area contributed by atoms with Crippen molar-refractivity contribution in [3.8, 4) is 0 Å². The Hall–Kier alpha value is -0.740. The summed E-state index contributed by atoms with van der Waals surface area (Å²) in [5, 5.41) is 7.71. The lowest BCUT2D eigenvalue weighted by atomic mass is 9.97. The van der Waals surface area contributed by atoms with Crippen LogP contribution in [0.5, 0.6) is 0 Å². The molecule has 108 valence electrons. The zero-order chi connectivity index (χ0) is 15.0. The SMILES string of the molecule is O=C(O)C(F)(F)C(F)(F)C(F)(F)C(F)(F)CCS. The van der Waals surface area contributed by atoms with Crippen LogP contribution in [0, 0.1) is 0 Å². The average Bonchev–Trinajstić information content (AvgIpc) is 2.16. The summed E-state index contributed by atoms with van der Waals surface area (Å²) < 4.78 is 101. The van der Waals surface area contributed by atoms with Crippen molar-refractivity contribution < 1.29 is 45.0 Å². The van der Waals surface area contributed by atoms with Crippen LogP contribution in [0.15, 0.2) is 0 Å². The van der Waals surface area contributed by atoms with Gasteiger partial charge in [-0.1, -0.05) is 0 Å². The number of hydrogen-bond donors (Lipinski definition) is 2. The second kappa shape index (κ2) is 4.74. The summed E-state index contributed by atoms with van der Waals surface area (Å²) >= 11 is 3.09. The summed E-state index contributed by atoms with van der Waals surface area (Å²) in [5.41, 5.74) is 0. The predicted octanol–water partition coefficient (Wildman–Crippen LogP) is 2.93. The van der Waals surface area contributed by atoms with Gasteiger partial charge in [-0.15, -0.1) is 0 Å². The predicted molar refractivity (Wildman–Crippen MR) is 45.9 cm³/mol. The number of halogens is 8. The number of carboxylic acid groups (broad SMARTS) is 1. The van der Waals surface area contributed by atoms with Gasteiger partial charge in [0.05, 0.1) is 0 Å². The smallest absolute Gasteiger partial charge is 0.410 e. The maximum Gasteiger partial charge on any atom is 0.410 e. The molecule has 0 saturated carbocycles. The van der Waals surface area contributed by atoms with Crippen molar-refractivity contribution in [2.75, 3.05) is 5.75 Å². The fourth-order valence-corrected chi connectivity index (χ4v) is 1.14. The Morgan fingerprint density at radius 2 is 1.33 bits per heavy atom. The van der Waals surface area contributed by atoms with E-state index in [1.54, 1.807) is 0 Å². The fourth-order valence-electron chi connectivity index (χ4n) is 0.859. The third kappa shape index (κ3) is 2.36. The number of carbonyl (C=O) groups is 1. The molecule has 0 rings (SSSR count). The van der Waals surface area contributed by atoms with E-state index in [4.69, 9.17) is 5.11 Å². The Bertz CT molecular complexity index is 329. The van der Waals surface area contributed by atoms with E-state index in [1.165, 1.54) is 0 Å². The van der Waals surface area contributed by atoms with Crippen LogP contribution in [0.1, 0.15) is 6.42 Å². The van der Waals surface area contributed by atoms with Gasteiger partial charge in [-0.25, -0.2) is 4.79 Å². The molecule has 0 aromatic carbocycles. The zero-order valence-electron chi connectivity index (χ0n) is 8.24. The molecule has 0 fully saturated rings. The third-order valence-electron chi connectivity index (χ3n) is 1.94. The number of alkyl halides is 8. The quantitative estimate of drug-likeness (QED) is 0.585. The molecule has 0 amide bonds. The molecule has 0 saturated heterocycles. The highest BCUT2D eigenvalue weighted by Crippen LogP contribution is 2.53. The first kappa shape index (κ1) is 17.3. The van der Waals surface area contributed by atoms with Crippen molar-refractivity contribution >= 4 is 18.6 Å². The highest BCUT2D eigenvalue weighted by molar-refractivity contribution is 7.80. The van der Waals surface area contributed by atoms with Crippen molar-refractivity contribution in [1.82, 2.24) is 0 Å². The molecule has 0 radical (unpaired) electrons. The van der Waals surface area contributed by atoms with Gasteiger partial charge in [0.25, 0.3) is 0 Å². The maximum absolute atomic E-state index is 12.7. The van der Waals surface area contributed by atoms with Crippen LogP contribution in [0.25, 0.3) is 0 Å². The van der Waals surface area contributed by atoms with Gasteiger partial charge >= 0.3 is 29.7 Å². The molecule has 0 unspecified atom stereocenters. The average molecular weight is 306 g/mol. The normalized spacial score (nSPS) is 14.7. The molecule has 0 aliphatic heterocycles. The molecule has 0 aliphatic carbocycles. The van der Waals surface area contributed by atoms with Gasteiger partial charge in [0.1, 0.15) is 0 Å². The number of carboxylic acids is 1. The van der Waals surface area contributed by atoms with Crippen molar-refractivity contribution in [3.05, 3.63) is 0 Å². The third-order valence-corrected chi connectivity index (χ3v) is 2.17. The van der Waals surface area contributed by atoms with E-state index in [9.17, 15) is 39.9 Å². The van der Waals surface area contributed by atoms with Crippen LogP contribution in [0.3, 0.4) is 0 Å². The first-order chi connectivity index (χ1) is 7.75. The Kier molecular flexibility index (Phi) is 4.55. The van der Waals surface area contributed by atoms with E-state index in [-0.39, 0.29) is 0 Å². The number of hydrogen-bond acceptors (Lipinski definition) is 2. The van der Waals surface area contributed by atoms with Gasteiger partial charge in [0.2, 0.25) is 0 Å². The van der Waals surface area contributed by atoms with Gasteiger partial charge in [0, 0.05) is 6.42 Å². The summed E-state index contributed by atoms with van der Waals surface area (Å²) in [6.07, 6.45) is -1.92. The van der Waals surface area contributed by atoms with Crippen LogP contribution in [-0.4, -0.2) is 40.5 Å². The minimum Gasteiger partial charge on any atom is -0.477 e. The molecule has 0 aromatic rings. The largest absolute Gasteiger partial charge is 0.477 e. The number of aliphatic carboxylic acids is 1. The van der Waals surface area contributed by atoms with Crippen LogP contribution >= 0.6 is 12.6 Å². The van der Waals surface area contributed by atoms with E-state index < -0.39 is 41.8 Å². The Morgan fingerprint density at radius 3 is 1.61 bits per heavy atom. The number of thiol groups is 1. The van der Waals surface area contributed by atoms with Crippen LogP contribution in [0.4, 0.5) is 35.1 Å². The summed E-state index contributed by atoms with van der Waals surface area (Å²) in [7, 11) is 0. The van der Waals surface area contributed by atoms with Crippen molar-refractivity contribution in [1.29, 1.82) is 0 Å². The van der Waals surface area contributed by atoms with Gasteiger partial charge in [-0.3, -0.25) is 0 Å². The first-order valence-corrected chi connectivity index (χ1v) is 4.74. The van der Waals surface area contributed by atoms with Crippen molar-refractivity contribution in [2.24, 2.45) is 0 Å². The van der Waals surface area contributed by atoms with Crippen LogP contribution in [0.2, 0.25) is 0 Å². The highest BCUT2D eigenvalue weighted by Gasteiger charge is 2.82. The standard InChI is InChI=1S/C7H6F8O2S/c8-4(9,1-2-18)6(12,13)7(14,15)5(10,11)3(16)17/h18H,1-2H2,(H,16,17). The van der Waals surface area contributed by atoms with Crippen molar-refractivity contribution in [2.45, 2.75) is 30.1 Å². The highest BCUT2D eigenvalue weighted by atomic mass is 32.1. The van der Waals surface area contributed by atoms with E-state index in [1.807, 2.05) is 0 Å². The molecule has 0 spiro atoms. The summed E-state index contributed by atoms with van der Waals surface area (Å²) in [4.78, 5) is 9.78. The molecule has 0 aliphatic rings. The molecule has 1 N–H and O–H groups in total. The fraction of sp³-hybridized carbons (Fsp3) is 0.857. The minimum absolute atomic E-state index is 0.989. The Balaban J connectivity index is 5.65. The zero-order valence-corrected chi connectivity index (χ0v) is 9.14. The Morgan fingerprint density at radius 1 is 0.944 bits per heavy atom. The molecule has 18 heavy (non-hydrogen) atoms.